The minimum Gasteiger partial charge on any atom is -0.494 e. The molecule has 30 heavy (non-hydrogen) atoms. The zero-order valence-corrected chi connectivity index (χ0v) is 16.5. The molecular weight excluding hydrogens is 382 g/mol. The molecule has 0 atom stereocenters. The van der Waals surface area contributed by atoms with Crippen molar-refractivity contribution in [3.63, 3.8) is 0 Å². The average Bonchev–Trinajstić information content (AvgIpc) is 2.79. The molecule has 6 heteroatoms. The Hall–Kier alpha value is -3.93. The number of ketones is 1. The van der Waals surface area contributed by atoms with E-state index in [4.69, 9.17) is 9.47 Å². The van der Waals surface area contributed by atoms with Gasteiger partial charge in [0.05, 0.1) is 17.9 Å². The van der Waals surface area contributed by atoms with Crippen LogP contribution in [0.5, 0.6) is 5.75 Å². The number of rotatable bonds is 8. The highest BCUT2D eigenvalue weighted by Crippen LogP contribution is 2.19. The molecule has 0 heterocycles. The summed E-state index contributed by atoms with van der Waals surface area (Å²) < 4.78 is 10.4. The van der Waals surface area contributed by atoms with Gasteiger partial charge in [0.25, 0.3) is 5.91 Å². The van der Waals surface area contributed by atoms with Gasteiger partial charge in [0.2, 0.25) is 0 Å². The molecule has 6 nitrogen and oxygen atoms in total. The number of benzene rings is 3. The molecule has 1 amide bonds. The lowest BCUT2D eigenvalue weighted by Crippen LogP contribution is -2.22. The predicted octanol–water partition coefficient (Wildman–Crippen LogP) is 4.11. The van der Waals surface area contributed by atoms with Crippen molar-refractivity contribution < 1.29 is 23.9 Å². The lowest BCUT2D eigenvalue weighted by molar-refractivity contribution is -0.119. The number of carbonyl (C=O) groups excluding carboxylic acids is 3. The molecule has 3 aromatic rings. The predicted molar refractivity (Wildman–Crippen MR) is 113 cm³/mol. The molecule has 0 aliphatic heterocycles. The van der Waals surface area contributed by atoms with Gasteiger partial charge in [0.15, 0.2) is 12.4 Å². The van der Waals surface area contributed by atoms with Gasteiger partial charge in [-0.25, -0.2) is 4.79 Å². The Morgan fingerprint density at radius 3 is 2.17 bits per heavy atom. The normalized spacial score (nSPS) is 10.2. The van der Waals surface area contributed by atoms with E-state index in [0.717, 1.165) is 0 Å². The number of nitrogens with one attached hydrogen (secondary N) is 1. The summed E-state index contributed by atoms with van der Waals surface area (Å²) in [6.45, 7) is 1.92. The van der Waals surface area contributed by atoms with E-state index >= 15 is 0 Å². The summed E-state index contributed by atoms with van der Waals surface area (Å²) in [6, 6.07) is 21.9. The summed E-state index contributed by atoms with van der Waals surface area (Å²) in [5.41, 5.74) is 1.54. The third-order valence-corrected chi connectivity index (χ3v) is 4.22. The molecule has 0 spiro atoms. The lowest BCUT2D eigenvalue weighted by atomic mass is 10.0. The van der Waals surface area contributed by atoms with Crippen molar-refractivity contribution >= 4 is 23.3 Å². The summed E-state index contributed by atoms with van der Waals surface area (Å²) >= 11 is 0. The van der Waals surface area contributed by atoms with Crippen LogP contribution in [0.2, 0.25) is 0 Å². The van der Waals surface area contributed by atoms with Crippen LogP contribution in [-0.4, -0.2) is 30.9 Å². The average molecular weight is 403 g/mol. The Kier molecular flexibility index (Phi) is 6.95. The van der Waals surface area contributed by atoms with Gasteiger partial charge < -0.3 is 14.8 Å². The molecule has 3 aromatic carbocycles. The maximum atomic E-state index is 12.7. The number of amides is 1. The van der Waals surface area contributed by atoms with Crippen LogP contribution in [0.3, 0.4) is 0 Å². The van der Waals surface area contributed by atoms with Crippen LogP contribution in [-0.2, 0) is 9.53 Å². The highest BCUT2D eigenvalue weighted by molar-refractivity contribution is 6.13. The molecule has 0 aromatic heterocycles. The molecule has 0 saturated heterocycles. The van der Waals surface area contributed by atoms with Crippen molar-refractivity contribution in [1.29, 1.82) is 0 Å². The number of hydrogen-bond acceptors (Lipinski definition) is 5. The Bertz CT molecular complexity index is 1030. The van der Waals surface area contributed by atoms with Crippen LogP contribution in [0.4, 0.5) is 5.69 Å². The second-order valence-electron chi connectivity index (χ2n) is 6.32. The molecule has 0 fully saturated rings. The zero-order chi connectivity index (χ0) is 21.3. The second-order valence-corrected chi connectivity index (χ2v) is 6.32. The first kappa shape index (κ1) is 20.8. The van der Waals surface area contributed by atoms with E-state index in [1.807, 2.05) is 13.0 Å². The molecule has 152 valence electrons. The first-order valence-electron chi connectivity index (χ1n) is 9.47. The minimum absolute atomic E-state index is 0.210. The van der Waals surface area contributed by atoms with E-state index in [2.05, 4.69) is 5.32 Å². The SMILES string of the molecule is CCOc1ccc(C(=O)OCC(=O)Nc2ccccc2C(=O)c2ccccc2)cc1. The van der Waals surface area contributed by atoms with Gasteiger partial charge in [-0.3, -0.25) is 9.59 Å². The lowest BCUT2D eigenvalue weighted by Gasteiger charge is -2.11. The van der Waals surface area contributed by atoms with Crippen LogP contribution in [0.1, 0.15) is 33.2 Å². The van der Waals surface area contributed by atoms with E-state index in [0.29, 0.717) is 34.7 Å². The summed E-state index contributed by atoms with van der Waals surface area (Å²) in [5, 5.41) is 2.64. The smallest absolute Gasteiger partial charge is 0.338 e. The third-order valence-electron chi connectivity index (χ3n) is 4.22. The number of para-hydroxylation sites is 1. The van der Waals surface area contributed by atoms with Crippen molar-refractivity contribution in [2.45, 2.75) is 6.92 Å². The fourth-order valence-electron chi connectivity index (χ4n) is 2.79. The summed E-state index contributed by atoms with van der Waals surface area (Å²) in [6.07, 6.45) is 0. The van der Waals surface area contributed by atoms with Gasteiger partial charge in [-0.1, -0.05) is 42.5 Å². The van der Waals surface area contributed by atoms with E-state index in [-0.39, 0.29) is 5.78 Å². The van der Waals surface area contributed by atoms with Crippen molar-refractivity contribution in [3.05, 3.63) is 95.6 Å². The molecule has 3 rings (SSSR count). The monoisotopic (exact) mass is 403 g/mol. The number of anilines is 1. The summed E-state index contributed by atoms with van der Waals surface area (Å²) in [5.74, 6) is -0.728. The highest BCUT2D eigenvalue weighted by Gasteiger charge is 2.16. The Morgan fingerprint density at radius 2 is 1.47 bits per heavy atom. The largest absolute Gasteiger partial charge is 0.494 e. The van der Waals surface area contributed by atoms with Crippen molar-refractivity contribution in [3.8, 4) is 5.75 Å². The first-order valence-corrected chi connectivity index (χ1v) is 9.47. The van der Waals surface area contributed by atoms with Crippen LogP contribution in [0.25, 0.3) is 0 Å². The number of ether oxygens (including phenoxy) is 2. The molecule has 0 bridgehead atoms. The first-order chi connectivity index (χ1) is 14.6. The van der Waals surface area contributed by atoms with Gasteiger partial charge in [-0.15, -0.1) is 0 Å². The van der Waals surface area contributed by atoms with E-state index in [9.17, 15) is 14.4 Å². The standard InChI is InChI=1S/C24H21NO5/c1-2-29-19-14-12-18(13-15-19)24(28)30-16-22(26)25-21-11-7-6-10-20(21)23(27)17-8-4-3-5-9-17/h3-15H,2,16H2,1H3,(H,25,26). The van der Waals surface area contributed by atoms with Crippen molar-refractivity contribution in [1.82, 2.24) is 0 Å². The minimum atomic E-state index is -0.623. The molecular formula is C24H21NO5. The van der Waals surface area contributed by atoms with Gasteiger partial charge in [-0.2, -0.15) is 0 Å². The van der Waals surface area contributed by atoms with Gasteiger partial charge in [0.1, 0.15) is 5.75 Å². The number of hydrogen-bond donors (Lipinski definition) is 1. The fraction of sp³-hybridized carbons (Fsp3) is 0.125. The van der Waals surface area contributed by atoms with E-state index < -0.39 is 18.5 Å². The van der Waals surface area contributed by atoms with Crippen LogP contribution in [0.15, 0.2) is 78.9 Å². The quantitative estimate of drug-likeness (QED) is 0.452. The van der Waals surface area contributed by atoms with Crippen LogP contribution < -0.4 is 10.1 Å². The zero-order valence-electron chi connectivity index (χ0n) is 16.5. The maximum absolute atomic E-state index is 12.7. The van der Waals surface area contributed by atoms with E-state index in [1.165, 1.54) is 0 Å². The van der Waals surface area contributed by atoms with Gasteiger partial charge >= 0.3 is 5.97 Å². The Balaban J connectivity index is 1.61. The van der Waals surface area contributed by atoms with Crippen molar-refractivity contribution in [2.75, 3.05) is 18.5 Å². The topological polar surface area (TPSA) is 81.7 Å². The fourth-order valence-corrected chi connectivity index (χ4v) is 2.79. The Labute approximate surface area is 174 Å². The maximum Gasteiger partial charge on any atom is 0.338 e. The van der Waals surface area contributed by atoms with Crippen LogP contribution in [0, 0.1) is 0 Å². The molecule has 0 saturated carbocycles. The number of esters is 1. The van der Waals surface area contributed by atoms with E-state index in [1.54, 1.807) is 72.8 Å². The molecule has 0 radical (unpaired) electrons. The van der Waals surface area contributed by atoms with Crippen molar-refractivity contribution in [2.24, 2.45) is 0 Å². The second kappa shape index (κ2) is 10.0. The third kappa shape index (κ3) is 5.32. The summed E-state index contributed by atoms with van der Waals surface area (Å²) in [4.78, 5) is 37.1. The molecule has 1 N–H and O–H groups in total. The van der Waals surface area contributed by atoms with Gasteiger partial charge in [0, 0.05) is 11.1 Å². The number of carbonyl (C=O) groups is 3. The highest BCUT2D eigenvalue weighted by atomic mass is 16.5. The molecule has 0 aliphatic rings. The van der Waals surface area contributed by atoms with Gasteiger partial charge in [-0.05, 0) is 43.3 Å². The Morgan fingerprint density at radius 1 is 0.800 bits per heavy atom. The molecule has 0 unspecified atom stereocenters. The summed E-state index contributed by atoms with van der Waals surface area (Å²) in [7, 11) is 0. The van der Waals surface area contributed by atoms with Crippen LogP contribution >= 0.6 is 0 Å². The molecule has 0 aliphatic carbocycles.